The maximum Gasteiger partial charge on any atom is 0.307 e. The molecule has 0 aromatic heterocycles. The van der Waals surface area contributed by atoms with Crippen LogP contribution in [0.2, 0.25) is 0 Å². The van der Waals surface area contributed by atoms with Crippen LogP contribution >= 0.6 is 24.0 Å². The van der Waals surface area contributed by atoms with Gasteiger partial charge in [0.25, 0.3) is 0 Å². The van der Waals surface area contributed by atoms with Gasteiger partial charge in [0.15, 0.2) is 5.96 Å². The highest BCUT2D eigenvalue weighted by Gasteiger charge is 2.04. The fraction of sp³-hybridized carbons (Fsp3) is 0.529. The quantitative estimate of drug-likeness (QED) is 0.276. The SMILES string of the molecule is CCNC(=NCCC(=O)OC)NCCc1cc(C)ccc1OC.I. The molecule has 0 saturated heterocycles. The molecule has 0 spiro atoms. The van der Waals surface area contributed by atoms with E-state index in [4.69, 9.17) is 4.74 Å². The molecule has 0 aliphatic heterocycles. The van der Waals surface area contributed by atoms with Crippen molar-refractivity contribution in [1.29, 1.82) is 0 Å². The van der Waals surface area contributed by atoms with Crippen LogP contribution in [0, 0.1) is 6.92 Å². The number of nitrogens with zero attached hydrogens (tertiary/aromatic N) is 1. The molecule has 1 rings (SSSR count). The minimum atomic E-state index is -0.255. The van der Waals surface area contributed by atoms with Crippen molar-refractivity contribution >= 4 is 35.9 Å². The minimum Gasteiger partial charge on any atom is -0.496 e. The number of aliphatic imine (C=N–C) groups is 1. The lowest BCUT2D eigenvalue weighted by molar-refractivity contribution is -0.140. The van der Waals surface area contributed by atoms with Gasteiger partial charge in [-0.1, -0.05) is 17.7 Å². The molecule has 0 unspecified atom stereocenters. The van der Waals surface area contributed by atoms with Crippen molar-refractivity contribution in [2.24, 2.45) is 4.99 Å². The van der Waals surface area contributed by atoms with Crippen LogP contribution in [0.3, 0.4) is 0 Å². The molecule has 0 aliphatic carbocycles. The lowest BCUT2D eigenvalue weighted by atomic mass is 10.1. The van der Waals surface area contributed by atoms with Crippen LogP contribution in [0.25, 0.3) is 0 Å². The molecule has 7 heteroatoms. The average Bonchev–Trinajstić information content (AvgIpc) is 2.54. The predicted molar refractivity (Wildman–Crippen MR) is 107 cm³/mol. The van der Waals surface area contributed by atoms with Gasteiger partial charge in [-0.25, -0.2) is 0 Å². The molecule has 136 valence electrons. The van der Waals surface area contributed by atoms with Crippen molar-refractivity contribution in [3.8, 4) is 5.75 Å². The third kappa shape index (κ3) is 8.37. The Morgan fingerprint density at radius 1 is 1.25 bits per heavy atom. The number of halogens is 1. The third-order valence-corrected chi connectivity index (χ3v) is 3.28. The molecule has 0 aliphatic rings. The summed E-state index contributed by atoms with van der Waals surface area (Å²) < 4.78 is 9.99. The van der Waals surface area contributed by atoms with Gasteiger partial charge in [0, 0.05) is 13.1 Å². The van der Waals surface area contributed by atoms with E-state index in [1.165, 1.54) is 12.7 Å². The fourth-order valence-corrected chi connectivity index (χ4v) is 2.12. The zero-order chi connectivity index (χ0) is 17.1. The number of hydrogen-bond donors (Lipinski definition) is 2. The Morgan fingerprint density at radius 2 is 2.00 bits per heavy atom. The maximum atomic E-state index is 11.1. The van der Waals surface area contributed by atoms with E-state index < -0.39 is 0 Å². The lowest BCUT2D eigenvalue weighted by Crippen LogP contribution is -2.38. The monoisotopic (exact) mass is 449 g/mol. The van der Waals surface area contributed by atoms with E-state index in [1.54, 1.807) is 7.11 Å². The molecule has 1 aromatic rings. The number of carbonyl (C=O) groups excluding carboxylic acids is 1. The summed E-state index contributed by atoms with van der Waals surface area (Å²) >= 11 is 0. The summed E-state index contributed by atoms with van der Waals surface area (Å²) in [7, 11) is 3.06. The van der Waals surface area contributed by atoms with Gasteiger partial charge in [-0.2, -0.15) is 0 Å². The van der Waals surface area contributed by atoms with Crippen molar-refractivity contribution < 1.29 is 14.3 Å². The number of carbonyl (C=O) groups is 1. The van der Waals surface area contributed by atoms with E-state index in [0.717, 1.165) is 30.8 Å². The van der Waals surface area contributed by atoms with E-state index >= 15 is 0 Å². The summed E-state index contributed by atoms with van der Waals surface area (Å²) in [6.45, 7) is 5.95. The van der Waals surface area contributed by atoms with Gasteiger partial charge in [-0.3, -0.25) is 9.79 Å². The molecule has 0 radical (unpaired) electrons. The molecule has 6 nitrogen and oxygen atoms in total. The summed E-state index contributed by atoms with van der Waals surface area (Å²) in [4.78, 5) is 15.5. The van der Waals surface area contributed by atoms with Crippen LogP contribution in [-0.4, -0.2) is 45.8 Å². The Kier molecular flexibility index (Phi) is 12.0. The number of hydrogen-bond acceptors (Lipinski definition) is 4. The summed E-state index contributed by atoms with van der Waals surface area (Å²) in [6.07, 6.45) is 1.10. The Morgan fingerprint density at radius 3 is 2.62 bits per heavy atom. The van der Waals surface area contributed by atoms with E-state index in [0.29, 0.717) is 12.5 Å². The first-order chi connectivity index (χ1) is 11.1. The molecule has 1 aromatic carbocycles. The number of nitrogens with one attached hydrogen (secondary N) is 2. The summed E-state index contributed by atoms with van der Waals surface area (Å²) in [6, 6.07) is 6.15. The highest BCUT2D eigenvalue weighted by atomic mass is 127. The van der Waals surface area contributed by atoms with Crippen LogP contribution < -0.4 is 15.4 Å². The fourth-order valence-electron chi connectivity index (χ4n) is 2.12. The van der Waals surface area contributed by atoms with E-state index in [9.17, 15) is 4.79 Å². The van der Waals surface area contributed by atoms with E-state index in [1.807, 2.05) is 19.1 Å². The number of guanidine groups is 1. The van der Waals surface area contributed by atoms with Gasteiger partial charge in [0.2, 0.25) is 0 Å². The van der Waals surface area contributed by atoms with Gasteiger partial charge in [0.05, 0.1) is 27.2 Å². The number of aryl methyl sites for hydroxylation is 1. The zero-order valence-electron chi connectivity index (χ0n) is 14.8. The second-order valence-electron chi connectivity index (χ2n) is 5.08. The van der Waals surface area contributed by atoms with Crippen molar-refractivity contribution in [2.75, 3.05) is 33.9 Å². The summed E-state index contributed by atoms with van der Waals surface area (Å²) in [5.74, 6) is 1.34. The van der Waals surface area contributed by atoms with Crippen LogP contribution in [0.15, 0.2) is 23.2 Å². The number of esters is 1. The Hall–Kier alpha value is -1.51. The van der Waals surface area contributed by atoms with Gasteiger partial charge < -0.3 is 20.1 Å². The minimum absolute atomic E-state index is 0. The molecule has 0 atom stereocenters. The molecule has 0 saturated carbocycles. The van der Waals surface area contributed by atoms with Gasteiger partial charge >= 0.3 is 5.97 Å². The normalized spacial score (nSPS) is 10.6. The van der Waals surface area contributed by atoms with E-state index in [2.05, 4.69) is 33.4 Å². The molecular formula is C17H28IN3O3. The first-order valence-corrected chi connectivity index (χ1v) is 7.83. The molecule has 0 amide bonds. The highest BCUT2D eigenvalue weighted by molar-refractivity contribution is 14.0. The topological polar surface area (TPSA) is 72.0 Å². The first-order valence-electron chi connectivity index (χ1n) is 7.83. The molecule has 0 heterocycles. The summed E-state index contributed by atoms with van der Waals surface area (Å²) in [5.41, 5.74) is 2.37. The Bertz CT molecular complexity index is 536. The molecular weight excluding hydrogens is 421 g/mol. The van der Waals surface area contributed by atoms with E-state index in [-0.39, 0.29) is 36.4 Å². The third-order valence-electron chi connectivity index (χ3n) is 3.28. The van der Waals surface area contributed by atoms with Crippen LogP contribution in [0.5, 0.6) is 5.75 Å². The zero-order valence-corrected chi connectivity index (χ0v) is 17.2. The average molecular weight is 449 g/mol. The van der Waals surface area contributed by atoms with Gasteiger partial charge in [-0.15, -0.1) is 24.0 Å². The van der Waals surface area contributed by atoms with Crippen molar-refractivity contribution in [3.63, 3.8) is 0 Å². The number of rotatable bonds is 8. The number of ether oxygens (including phenoxy) is 2. The summed E-state index contributed by atoms with van der Waals surface area (Å²) in [5, 5.41) is 6.42. The largest absolute Gasteiger partial charge is 0.496 e. The molecule has 0 fully saturated rings. The maximum absolute atomic E-state index is 11.1. The molecule has 2 N–H and O–H groups in total. The van der Waals surface area contributed by atoms with Crippen molar-refractivity contribution in [3.05, 3.63) is 29.3 Å². The second-order valence-corrected chi connectivity index (χ2v) is 5.08. The number of methoxy groups -OCH3 is 2. The van der Waals surface area contributed by atoms with Crippen LogP contribution in [0.1, 0.15) is 24.5 Å². The van der Waals surface area contributed by atoms with Crippen LogP contribution in [0.4, 0.5) is 0 Å². The molecule has 0 bridgehead atoms. The van der Waals surface area contributed by atoms with Crippen molar-refractivity contribution in [1.82, 2.24) is 10.6 Å². The first kappa shape index (κ1) is 22.5. The standard InChI is InChI=1S/C17H27N3O3.HI/c1-5-18-17(20-11-9-16(21)23-4)19-10-8-14-12-13(2)6-7-15(14)22-3;/h6-7,12H,5,8-11H2,1-4H3,(H2,18,19,20);1H. The number of benzene rings is 1. The molecule has 24 heavy (non-hydrogen) atoms. The lowest BCUT2D eigenvalue weighted by Gasteiger charge is -2.13. The Balaban J connectivity index is 0.00000529. The second kappa shape index (κ2) is 12.9. The predicted octanol–water partition coefficient (Wildman–Crippen LogP) is 2.28. The Labute approximate surface area is 161 Å². The van der Waals surface area contributed by atoms with Crippen LogP contribution in [-0.2, 0) is 16.0 Å². The highest BCUT2D eigenvalue weighted by Crippen LogP contribution is 2.19. The van der Waals surface area contributed by atoms with Gasteiger partial charge in [0.1, 0.15) is 5.75 Å². The van der Waals surface area contributed by atoms with Crippen molar-refractivity contribution in [2.45, 2.75) is 26.7 Å². The van der Waals surface area contributed by atoms with Gasteiger partial charge in [-0.05, 0) is 31.9 Å². The smallest absolute Gasteiger partial charge is 0.307 e.